The van der Waals surface area contributed by atoms with Gasteiger partial charge in [-0.05, 0) is 29.5 Å². The summed E-state index contributed by atoms with van der Waals surface area (Å²) in [5, 5.41) is 3.90. The third-order valence-electron chi connectivity index (χ3n) is 4.01. The van der Waals surface area contributed by atoms with Crippen LogP contribution < -0.4 is 5.32 Å². The van der Waals surface area contributed by atoms with Crippen molar-refractivity contribution in [3.63, 3.8) is 0 Å². The summed E-state index contributed by atoms with van der Waals surface area (Å²) in [6.07, 6.45) is 1.17. The maximum Gasteiger partial charge on any atom is 0.0431 e. The van der Waals surface area contributed by atoms with Crippen molar-refractivity contribution in [2.75, 3.05) is 5.75 Å². The van der Waals surface area contributed by atoms with Crippen molar-refractivity contribution in [1.29, 1.82) is 0 Å². The Kier molecular flexibility index (Phi) is 4.67. The Labute approximate surface area is 132 Å². The summed E-state index contributed by atoms with van der Waals surface area (Å²) < 4.78 is 0. The number of hydrogen-bond donors (Lipinski definition) is 1. The highest BCUT2D eigenvalue weighted by molar-refractivity contribution is 7.99. The molecule has 1 N–H and O–H groups in total. The molecule has 2 aromatic carbocycles. The fourth-order valence-corrected chi connectivity index (χ4v) is 4.17. The molecule has 2 unspecified atom stereocenters. The van der Waals surface area contributed by atoms with Crippen LogP contribution in [0.1, 0.15) is 43.5 Å². The molecule has 1 nitrogen and oxygen atoms in total. The van der Waals surface area contributed by atoms with Crippen LogP contribution in [0.25, 0.3) is 0 Å². The monoisotopic (exact) mass is 297 g/mol. The Morgan fingerprint density at radius 2 is 1.76 bits per heavy atom. The zero-order valence-corrected chi connectivity index (χ0v) is 13.6. The van der Waals surface area contributed by atoms with Gasteiger partial charge in [-0.1, -0.05) is 62.4 Å². The van der Waals surface area contributed by atoms with Crippen LogP contribution in [0.4, 0.5) is 0 Å². The molecule has 0 aliphatic carbocycles. The summed E-state index contributed by atoms with van der Waals surface area (Å²) in [6, 6.07) is 20.6. The van der Waals surface area contributed by atoms with Crippen molar-refractivity contribution in [3.05, 3.63) is 65.7 Å². The lowest BCUT2D eigenvalue weighted by Crippen LogP contribution is -2.27. The molecule has 0 aromatic heterocycles. The Balaban J connectivity index is 1.80. The Bertz CT molecular complexity index is 579. The first-order valence-electron chi connectivity index (χ1n) is 7.76. The van der Waals surface area contributed by atoms with Crippen LogP contribution >= 0.6 is 11.8 Å². The molecule has 2 aromatic rings. The molecule has 1 aliphatic heterocycles. The van der Waals surface area contributed by atoms with E-state index in [-0.39, 0.29) is 0 Å². The predicted molar refractivity (Wildman–Crippen MR) is 91.7 cm³/mol. The molecule has 0 radical (unpaired) electrons. The van der Waals surface area contributed by atoms with E-state index in [1.807, 2.05) is 11.8 Å². The predicted octanol–water partition coefficient (Wildman–Crippen LogP) is 5.21. The first-order valence-corrected chi connectivity index (χ1v) is 8.75. The fraction of sp³-hybridized carbons (Fsp3) is 0.368. The zero-order chi connectivity index (χ0) is 14.7. The lowest BCUT2D eigenvalue weighted by atomic mass is 9.95. The second-order valence-electron chi connectivity index (χ2n) is 6.16. The van der Waals surface area contributed by atoms with Gasteiger partial charge in [-0.25, -0.2) is 0 Å². The van der Waals surface area contributed by atoms with E-state index in [4.69, 9.17) is 0 Å². The van der Waals surface area contributed by atoms with Crippen LogP contribution in [0.2, 0.25) is 0 Å². The molecule has 3 rings (SSSR count). The van der Waals surface area contributed by atoms with Crippen molar-refractivity contribution in [2.45, 2.75) is 37.2 Å². The van der Waals surface area contributed by atoms with Crippen LogP contribution in [0, 0.1) is 5.92 Å². The van der Waals surface area contributed by atoms with Crippen molar-refractivity contribution in [3.8, 4) is 0 Å². The van der Waals surface area contributed by atoms with Gasteiger partial charge in [-0.3, -0.25) is 0 Å². The van der Waals surface area contributed by atoms with E-state index < -0.39 is 0 Å². The second kappa shape index (κ2) is 6.67. The average molecular weight is 297 g/mol. The average Bonchev–Trinajstić information content (AvgIpc) is 2.90. The van der Waals surface area contributed by atoms with Gasteiger partial charge in [0.15, 0.2) is 0 Å². The Morgan fingerprint density at radius 1 is 1.05 bits per heavy atom. The smallest absolute Gasteiger partial charge is 0.0431 e. The van der Waals surface area contributed by atoms with Crippen molar-refractivity contribution < 1.29 is 0 Å². The standard InChI is InChI=1S/C19H23NS/c1-14(2)12-17(15-8-4-3-5-9-15)20-18-13-21-19-11-7-6-10-16(18)19/h3-11,14,17-18,20H,12-13H2,1-2H3. The van der Waals surface area contributed by atoms with E-state index in [2.05, 4.69) is 73.8 Å². The van der Waals surface area contributed by atoms with Crippen LogP contribution in [0.5, 0.6) is 0 Å². The summed E-state index contributed by atoms with van der Waals surface area (Å²) in [4.78, 5) is 1.44. The van der Waals surface area contributed by atoms with E-state index in [9.17, 15) is 0 Å². The van der Waals surface area contributed by atoms with E-state index >= 15 is 0 Å². The normalized spacial score (nSPS) is 18.7. The molecular weight excluding hydrogens is 274 g/mol. The Morgan fingerprint density at radius 3 is 2.52 bits per heavy atom. The third-order valence-corrected chi connectivity index (χ3v) is 5.19. The molecular formula is C19H23NS. The van der Waals surface area contributed by atoms with Gasteiger partial charge in [0.25, 0.3) is 0 Å². The van der Waals surface area contributed by atoms with Gasteiger partial charge >= 0.3 is 0 Å². The summed E-state index contributed by atoms with van der Waals surface area (Å²) in [5.74, 6) is 1.83. The van der Waals surface area contributed by atoms with E-state index in [0.717, 1.165) is 5.75 Å². The van der Waals surface area contributed by atoms with E-state index in [1.54, 1.807) is 0 Å². The fourth-order valence-electron chi connectivity index (χ4n) is 3.00. The van der Waals surface area contributed by atoms with E-state index in [0.29, 0.717) is 18.0 Å². The molecule has 0 amide bonds. The SMILES string of the molecule is CC(C)CC(NC1CSc2ccccc21)c1ccccc1. The van der Waals surface area contributed by atoms with Gasteiger partial charge in [0, 0.05) is 22.7 Å². The highest BCUT2D eigenvalue weighted by Gasteiger charge is 2.25. The molecule has 1 aliphatic rings. The number of fused-ring (bicyclic) bond motifs is 1. The van der Waals surface area contributed by atoms with Gasteiger partial charge in [0.1, 0.15) is 0 Å². The highest BCUT2D eigenvalue weighted by Crippen LogP contribution is 2.39. The van der Waals surface area contributed by atoms with Crippen LogP contribution in [0.3, 0.4) is 0 Å². The molecule has 0 spiro atoms. The largest absolute Gasteiger partial charge is 0.302 e. The minimum absolute atomic E-state index is 0.433. The summed E-state index contributed by atoms with van der Waals surface area (Å²) in [6.45, 7) is 4.60. The maximum absolute atomic E-state index is 3.90. The van der Waals surface area contributed by atoms with Crippen molar-refractivity contribution in [1.82, 2.24) is 5.32 Å². The molecule has 0 fully saturated rings. The molecule has 0 saturated carbocycles. The maximum atomic E-state index is 3.90. The number of nitrogens with one attached hydrogen (secondary N) is 1. The van der Waals surface area contributed by atoms with Crippen LogP contribution in [-0.2, 0) is 0 Å². The molecule has 0 bridgehead atoms. The lowest BCUT2D eigenvalue weighted by molar-refractivity contribution is 0.397. The topological polar surface area (TPSA) is 12.0 Å². The van der Waals surface area contributed by atoms with Gasteiger partial charge in [-0.15, -0.1) is 11.8 Å². The van der Waals surface area contributed by atoms with Gasteiger partial charge in [-0.2, -0.15) is 0 Å². The molecule has 0 saturated heterocycles. The summed E-state index contributed by atoms with van der Waals surface area (Å²) >= 11 is 1.97. The number of benzene rings is 2. The number of hydrogen-bond acceptors (Lipinski definition) is 2. The van der Waals surface area contributed by atoms with Gasteiger partial charge in [0.05, 0.1) is 0 Å². The molecule has 110 valence electrons. The van der Waals surface area contributed by atoms with Crippen LogP contribution in [0.15, 0.2) is 59.5 Å². The van der Waals surface area contributed by atoms with Gasteiger partial charge in [0.2, 0.25) is 0 Å². The highest BCUT2D eigenvalue weighted by atomic mass is 32.2. The lowest BCUT2D eigenvalue weighted by Gasteiger charge is -2.25. The van der Waals surface area contributed by atoms with Crippen molar-refractivity contribution in [2.24, 2.45) is 5.92 Å². The first kappa shape index (κ1) is 14.7. The minimum Gasteiger partial charge on any atom is -0.302 e. The summed E-state index contributed by atoms with van der Waals surface area (Å²) in [7, 11) is 0. The zero-order valence-electron chi connectivity index (χ0n) is 12.8. The molecule has 21 heavy (non-hydrogen) atoms. The summed E-state index contributed by atoms with van der Waals surface area (Å²) in [5.41, 5.74) is 2.87. The first-order chi connectivity index (χ1) is 10.2. The molecule has 1 heterocycles. The van der Waals surface area contributed by atoms with Crippen LogP contribution in [-0.4, -0.2) is 5.75 Å². The molecule has 2 heteroatoms. The quantitative estimate of drug-likeness (QED) is 0.813. The van der Waals surface area contributed by atoms with E-state index in [1.165, 1.54) is 22.4 Å². The van der Waals surface area contributed by atoms with Gasteiger partial charge < -0.3 is 5.32 Å². The number of thioether (sulfide) groups is 1. The minimum atomic E-state index is 0.433. The number of rotatable bonds is 5. The molecule has 2 atom stereocenters. The van der Waals surface area contributed by atoms with Crippen molar-refractivity contribution >= 4 is 11.8 Å². The third kappa shape index (κ3) is 3.50. The Hall–Kier alpha value is -1.25. The second-order valence-corrected chi connectivity index (χ2v) is 7.22.